The molecule has 6 nitrogen and oxygen atoms in total. The molecule has 0 fully saturated rings. The molecular formula is C9H12N2O4. The monoisotopic (exact) mass is 212 g/mol. The molecule has 0 aliphatic rings. The van der Waals surface area contributed by atoms with Gasteiger partial charge in [-0.2, -0.15) is 0 Å². The van der Waals surface area contributed by atoms with E-state index in [1.165, 1.54) is 30.0 Å². The highest BCUT2D eigenvalue weighted by Crippen LogP contribution is 1.93. The van der Waals surface area contributed by atoms with Crippen LogP contribution in [0.1, 0.15) is 5.56 Å². The van der Waals surface area contributed by atoms with Gasteiger partial charge < -0.3 is 14.8 Å². The first-order valence-corrected chi connectivity index (χ1v) is 4.31. The lowest BCUT2D eigenvalue weighted by molar-refractivity contribution is 0.131. The van der Waals surface area contributed by atoms with Gasteiger partial charge in [0.2, 0.25) is 0 Å². The molecule has 15 heavy (non-hydrogen) atoms. The Bertz CT molecular complexity index is 472. The number of aliphatic hydroxyl groups is 2. The van der Waals surface area contributed by atoms with E-state index in [0.717, 1.165) is 0 Å². The molecule has 1 rings (SSSR count). The minimum Gasteiger partial charge on any atom is -0.393 e. The molecule has 0 amide bonds. The van der Waals surface area contributed by atoms with Crippen LogP contribution in [0.25, 0.3) is 6.08 Å². The fraction of sp³-hybridized carbons (Fsp3) is 0.333. The molecule has 1 atom stereocenters. The van der Waals surface area contributed by atoms with Gasteiger partial charge in [0, 0.05) is 13.2 Å². The predicted molar refractivity (Wildman–Crippen MR) is 54.4 cm³/mol. The zero-order chi connectivity index (χ0) is 11.4. The van der Waals surface area contributed by atoms with Gasteiger partial charge in [0.05, 0.1) is 18.3 Å². The summed E-state index contributed by atoms with van der Waals surface area (Å²) in [6.07, 6.45) is 2.96. The first-order valence-electron chi connectivity index (χ1n) is 4.31. The van der Waals surface area contributed by atoms with Crippen LogP contribution in [-0.2, 0) is 7.05 Å². The number of aromatic amines is 1. The third-order valence-corrected chi connectivity index (χ3v) is 1.82. The summed E-state index contributed by atoms with van der Waals surface area (Å²) in [7, 11) is 1.50. The highest BCUT2D eigenvalue weighted by atomic mass is 16.3. The molecule has 0 bridgehead atoms. The molecule has 82 valence electrons. The van der Waals surface area contributed by atoms with Crippen molar-refractivity contribution in [2.24, 2.45) is 7.05 Å². The van der Waals surface area contributed by atoms with Crippen molar-refractivity contribution in [1.82, 2.24) is 9.55 Å². The first-order chi connectivity index (χ1) is 7.04. The Morgan fingerprint density at radius 1 is 1.60 bits per heavy atom. The third-order valence-electron chi connectivity index (χ3n) is 1.82. The molecule has 0 spiro atoms. The van der Waals surface area contributed by atoms with Gasteiger partial charge in [0.15, 0.2) is 0 Å². The molecule has 3 N–H and O–H groups in total. The number of hydrogen-bond donors (Lipinski definition) is 3. The van der Waals surface area contributed by atoms with Crippen LogP contribution in [0.3, 0.4) is 0 Å². The summed E-state index contributed by atoms with van der Waals surface area (Å²) >= 11 is 0. The number of H-pyrrole nitrogens is 1. The van der Waals surface area contributed by atoms with Crippen LogP contribution in [0.2, 0.25) is 0 Å². The zero-order valence-corrected chi connectivity index (χ0v) is 8.17. The summed E-state index contributed by atoms with van der Waals surface area (Å²) in [6.45, 7) is -0.416. The maximum atomic E-state index is 11.2. The van der Waals surface area contributed by atoms with Crippen LogP contribution in [0.15, 0.2) is 21.9 Å². The molecule has 0 radical (unpaired) electrons. The second-order valence-corrected chi connectivity index (χ2v) is 3.06. The highest BCUT2D eigenvalue weighted by molar-refractivity contribution is 5.46. The van der Waals surface area contributed by atoms with E-state index < -0.39 is 24.0 Å². The van der Waals surface area contributed by atoms with E-state index in [0.29, 0.717) is 0 Å². The number of aromatic nitrogens is 2. The van der Waals surface area contributed by atoms with Crippen molar-refractivity contribution in [2.45, 2.75) is 6.10 Å². The first kappa shape index (κ1) is 11.4. The van der Waals surface area contributed by atoms with Gasteiger partial charge in [-0.3, -0.25) is 9.78 Å². The SMILES string of the molecule is Cn1cc(/C=C/[C@H](O)CO)c(=O)[nH]c1=O. The van der Waals surface area contributed by atoms with Gasteiger partial charge in [-0.05, 0) is 6.08 Å². The molecule has 0 saturated carbocycles. The summed E-state index contributed by atoms with van der Waals surface area (Å²) in [5, 5.41) is 17.6. The van der Waals surface area contributed by atoms with E-state index in [-0.39, 0.29) is 5.56 Å². The zero-order valence-electron chi connectivity index (χ0n) is 8.17. The molecule has 1 aromatic rings. The van der Waals surface area contributed by atoms with Crippen LogP contribution >= 0.6 is 0 Å². The maximum Gasteiger partial charge on any atom is 0.328 e. The minimum atomic E-state index is -1.01. The third kappa shape index (κ3) is 2.90. The second-order valence-electron chi connectivity index (χ2n) is 3.06. The molecule has 1 aromatic heterocycles. The molecule has 0 unspecified atom stereocenters. The second kappa shape index (κ2) is 4.72. The van der Waals surface area contributed by atoms with Crippen molar-refractivity contribution in [1.29, 1.82) is 0 Å². The number of rotatable bonds is 3. The van der Waals surface area contributed by atoms with Crippen LogP contribution in [0, 0.1) is 0 Å². The Morgan fingerprint density at radius 3 is 2.87 bits per heavy atom. The topological polar surface area (TPSA) is 95.3 Å². The lowest BCUT2D eigenvalue weighted by Crippen LogP contribution is -2.28. The van der Waals surface area contributed by atoms with Gasteiger partial charge in [-0.1, -0.05) is 6.08 Å². The molecule has 6 heteroatoms. The lowest BCUT2D eigenvalue weighted by atomic mass is 10.2. The van der Waals surface area contributed by atoms with Crippen molar-refractivity contribution in [2.75, 3.05) is 6.61 Å². The summed E-state index contributed by atoms with van der Waals surface area (Å²) < 4.78 is 1.21. The molecule has 0 aliphatic carbocycles. The maximum absolute atomic E-state index is 11.2. The van der Waals surface area contributed by atoms with E-state index in [1.807, 2.05) is 0 Å². The predicted octanol–water partition coefficient (Wildman–Crippen LogP) is -1.56. The van der Waals surface area contributed by atoms with E-state index >= 15 is 0 Å². The molecular weight excluding hydrogens is 200 g/mol. The number of nitrogens with zero attached hydrogens (tertiary/aromatic N) is 1. The van der Waals surface area contributed by atoms with E-state index in [1.54, 1.807) is 0 Å². The van der Waals surface area contributed by atoms with E-state index in [2.05, 4.69) is 4.98 Å². The minimum absolute atomic E-state index is 0.240. The molecule has 0 aromatic carbocycles. The molecule has 1 heterocycles. The van der Waals surface area contributed by atoms with Crippen LogP contribution in [-0.4, -0.2) is 32.5 Å². The Morgan fingerprint density at radius 2 is 2.27 bits per heavy atom. The normalized spacial score (nSPS) is 13.3. The Labute approximate surface area is 85.1 Å². The fourth-order valence-corrected chi connectivity index (χ4v) is 0.978. The standard InChI is InChI=1S/C9H12N2O4/c1-11-4-6(2-3-7(13)5-12)8(14)10-9(11)15/h2-4,7,12-13H,5H2,1H3,(H,10,14,15)/b3-2+/t7-/m0/s1. The van der Waals surface area contributed by atoms with Gasteiger partial charge in [0.25, 0.3) is 5.56 Å². The van der Waals surface area contributed by atoms with Crippen molar-refractivity contribution in [3.8, 4) is 0 Å². The van der Waals surface area contributed by atoms with Crippen LogP contribution in [0.4, 0.5) is 0 Å². The average Bonchev–Trinajstić information content (AvgIpc) is 2.21. The van der Waals surface area contributed by atoms with Crippen LogP contribution < -0.4 is 11.2 Å². The summed E-state index contributed by atoms with van der Waals surface area (Å²) in [5.41, 5.74) is -0.788. The van der Waals surface area contributed by atoms with Gasteiger partial charge in [-0.15, -0.1) is 0 Å². The Kier molecular flexibility index (Phi) is 3.59. The smallest absolute Gasteiger partial charge is 0.328 e. The van der Waals surface area contributed by atoms with Crippen molar-refractivity contribution in [3.05, 3.63) is 38.7 Å². The Hall–Kier alpha value is -1.66. The summed E-state index contributed by atoms with van der Waals surface area (Å²) in [4.78, 5) is 24.3. The largest absolute Gasteiger partial charge is 0.393 e. The van der Waals surface area contributed by atoms with Crippen LogP contribution in [0.5, 0.6) is 0 Å². The summed E-state index contributed by atoms with van der Waals surface area (Å²) in [6, 6.07) is 0. The molecule has 0 saturated heterocycles. The number of aryl methyl sites for hydroxylation is 1. The molecule has 0 aliphatic heterocycles. The van der Waals surface area contributed by atoms with Crippen molar-refractivity contribution < 1.29 is 10.2 Å². The van der Waals surface area contributed by atoms with Crippen molar-refractivity contribution >= 4 is 6.08 Å². The Balaban J connectivity index is 3.06. The fourth-order valence-electron chi connectivity index (χ4n) is 0.978. The lowest BCUT2D eigenvalue weighted by Gasteiger charge is -2.00. The quantitative estimate of drug-likeness (QED) is 0.564. The van der Waals surface area contributed by atoms with Gasteiger partial charge >= 0.3 is 5.69 Å². The number of hydrogen-bond acceptors (Lipinski definition) is 4. The van der Waals surface area contributed by atoms with E-state index in [9.17, 15) is 9.59 Å². The summed E-state index contributed by atoms with van der Waals surface area (Å²) in [5.74, 6) is 0. The van der Waals surface area contributed by atoms with E-state index in [4.69, 9.17) is 10.2 Å². The van der Waals surface area contributed by atoms with Gasteiger partial charge in [-0.25, -0.2) is 4.79 Å². The van der Waals surface area contributed by atoms with Crippen molar-refractivity contribution in [3.63, 3.8) is 0 Å². The average molecular weight is 212 g/mol. The number of nitrogens with one attached hydrogen (secondary N) is 1. The highest BCUT2D eigenvalue weighted by Gasteiger charge is 2.00. The van der Waals surface area contributed by atoms with Gasteiger partial charge in [0.1, 0.15) is 0 Å². The number of aliphatic hydroxyl groups excluding tert-OH is 2.